The number of esters is 1. The number of carbonyl (C=O) groups excluding carboxylic acids is 2. The first-order chi connectivity index (χ1) is 8.60. The summed E-state index contributed by atoms with van der Waals surface area (Å²) >= 11 is 1.35. The van der Waals surface area contributed by atoms with Gasteiger partial charge in [-0.2, -0.15) is 0 Å². The molecule has 100 valence electrons. The lowest BCUT2D eigenvalue weighted by Gasteiger charge is -2.16. The summed E-state index contributed by atoms with van der Waals surface area (Å²) in [5.41, 5.74) is 0. The van der Waals surface area contributed by atoms with E-state index in [0.29, 0.717) is 30.0 Å². The summed E-state index contributed by atoms with van der Waals surface area (Å²) in [4.78, 5) is 25.2. The van der Waals surface area contributed by atoms with E-state index < -0.39 is 0 Å². The van der Waals surface area contributed by atoms with Crippen molar-refractivity contribution in [2.24, 2.45) is 0 Å². The van der Waals surface area contributed by atoms with Crippen LogP contribution in [0.15, 0.2) is 11.4 Å². The molecule has 0 aromatic carbocycles. The molecule has 5 nitrogen and oxygen atoms in total. The maximum Gasteiger partial charge on any atom is 0.305 e. The molecule has 0 saturated heterocycles. The second-order valence-corrected chi connectivity index (χ2v) is 4.64. The van der Waals surface area contributed by atoms with Gasteiger partial charge in [0.2, 0.25) is 0 Å². The van der Waals surface area contributed by atoms with Crippen molar-refractivity contribution in [1.82, 2.24) is 4.90 Å². The van der Waals surface area contributed by atoms with Crippen LogP contribution in [0, 0.1) is 0 Å². The van der Waals surface area contributed by atoms with E-state index in [0.717, 1.165) is 0 Å². The Morgan fingerprint density at radius 2 is 2.11 bits per heavy atom. The fourth-order valence-electron chi connectivity index (χ4n) is 1.45. The van der Waals surface area contributed by atoms with Gasteiger partial charge in [0.25, 0.3) is 5.91 Å². The minimum Gasteiger partial charge on any atom is -0.495 e. The number of amides is 1. The van der Waals surface area contributed by atoms with Gasteiger partial charge in [0.05, 0.1) is 14.2 Å². The zero-order valence-corrected chi connectivity index (χ0v) is 11.6. The molecule has 0 aliphatic rings. The zero-order valence-electron chi connectivity index (χ0n) is 10.8. The summed E-state index contributed by atoms with van der Waals surface area (Å²) in [7, 11) is 4.60. The van der Waals surface area contributed by atoms with Crippen molar-refractivity contribution in [2.75, 3.05) is 27.8 Å². The molecule has 0 bridgehead atoms. The second kappa shape index (κ2) is 7.00. The van der Waals surface area contributed by atoms with Crippen LogP contribution >= 0.6 is 11.3 Å². The number of carbonyl (C=O) groups is 2. The van der Waals surface area contributed by atoms with E-state index in [2.05, 4.69) is 4.74 Å². The second-order valence-electron chi connectivity index (χ2n) is 3.72. The van der Waals surface area contributed by atoms with Gasteiger partial charge in [-0.3, -0.25) is 9.59 Å². The molecule has 0 aliphatic carbocycles. The molecule has 0 atom stereocenters. The van der Waals surface area contributed by atoms with Crippen LogP contribution in [0.2, 0.25) is 0 Å². The number of methoxy groups -OCH3 is 2. The number of hydrogen-bond donors (Lipinski definition) is 0. The van der Waals surface area contributed by atoms with Crippen molar-refractivity contribution in [2.45, 2.75) is 12.8 Å². The smallest absolute Gasteiger partial charge is 0.305 e. The Balaban J connectivity index is 2.49. The van der Waals surface area contributed by atoms with Crippen LogP contribution < -0.4 is 4.74 Å². The van der Waals surface area contributed by atoms with Crippen molar-refractivity contribution in [3.05, 3.63) is 16.3 Å². The molecule has 1 aromatic heterocycles. The molecule has 1 rings (SSSR count). The molecule has 0 fully saturated rings. The highest BCUT2D eigenvalue weighted by Crippen LogP contribution is 2.25. The maximum absolute atomic E-state index is 12.1. The van der Waals surface area contributed by atoms with Crippen LogP contribution in [0.3, 0.4) is 0 Å². The molecule has 0 N–H and O–H groups in total. The van der Waals surface area contributed by atoms with Gasteiger partial charge < -0.3 is 14.4 Å². The van der Waals surface area contributed by atoms with E-state index in [-0.39, 0.29) is 11.9 Å². The maximum atomic E-state index is 12.1. The monoisotopic (exact) mass is 271 g/mol. The highest BCUT2D eigenvalue weighted by molar-refractivity contribution is 7.12. The van der Waals surface area contributed by atoms with Crippen molar-refractivity contribution >= 4 is 23.2 Å². The third kappa shape index (κ3) is 3.73. The summed E-state index contributed by atoms with van der Waals surface area (Å²) in [6.45, 7) is 0.509. The summed E-state index contributed by atoms with van der Waals surface area (Å²) in [6, 6.07) is 1.76. The van der Waals surface area contributed by atoms with Crippen molar-refractivity contribution in [1.29, 1.82) is 0 Å². The van der Waals surface area contributed by atoms with E-state index in [9.17, 15) is 9.59 Å². The van der Waals surface area contributed by atoms with Gasteiger partial charge in [0.1, 0.15) is 10.6 Å². The number of thiophene rings is 1. The van der Waals surface area contributed by atoms with Gasteiger partial charge in [0, 0.05) is 20.0 Å². The van der Waals surface area contributed by atoms with Crippen LogP contribution in [-0.2, 0) is 9.53 Å². The van der Waals surface area contributed by atoms with Crippen LogP contribution in [0.4, 0.5) is 0 Å². The van der Waals surface area contributed by atoms with Crippen LogP contribution in [0.5, 0.6) is 5.75 Å². The molecular weight excluding hydrogens is 254 g/mol. The summed E-state index contributed by atoms with van der Waals surface area (Å²) < 4.78 is 9.65. The normalized spacial score (nSPS) is 9.94. The highest BCUT2D eigenvalue weighted by atomic mass is 32.1. The minimum atomic E-state index is -0.260. The number of rotatable bonds is 6. The fraction of sp³-hybridized carbons (Fsp3) is 0.500. The lowest BCUT2D eigenvalue weighted by molar-refractivity contribution is -0.140. The molecule has 0 spiro atoms. The Labute approximate surface area is 110 Å². The van der Waals surface area contributed by atoms with E-state index in [1.165, 1.54) is 25.6 Å². The van der Waals surface area contributed by atoms with Crippen LogP contribution in [0.1, 0.15) is 22.5 Å². The lowest BCUT2D eigenvalue weighted by Crippen LogP contribution is -2.27. The Kier molecular flexibility index (Phi) is 5.64. The molecule has 1 aromatic rings. The van der Waals surface area contributed by atoms with Crippen LogP contribution in [0.25, 0.3) is 0 Å². The topological polar surface area (TPSA) is 55.8 Å². The average molecular weight is 271 g/mol. The molecule has 0 saturated carbocycles. The number of nitrogens with zero attached hydrogens (tertiary/aromatic N) is 1. The van der Waals surface area contributed by atoms with Gasteiger partial charge in [-0.05, 0) is 17.9 Å². The third-order valence-electron chi connectivity index (χ3n) is 2.49. The van der Waals surface area contributed by atoms with E-state index in [1.807, 2.05) is 5.38 Å². The minimum absolute atomic E-state index is 0.0910. The standard InChI is InChI=1S/C12H17NO4S/c1-13(7-4-5-10(14)17-3)12(15)11-9(16-2)6-8-18-11/h6,8H,4-5,7H2,1-3H3. The van der Waals surface area contributed by atoms with Crippen molar-refractivity contribution in [3.8, 4) is 5.75 Å². The first kappa shape index (κ1) is 14.5. The van der Waals surface area contributed by atoms with Crippen molar-refractivity contribution < 1.29 is 19.1 Å². The zero-order chi connectivity index (χ0) is 13.5. The molecule has 1 heterocycles. The SMILES string of the molecule is COC(=O)CCCN(C)C(=O)c1sccc1OC. The van der Waals surface area contributed by atoms with Gasteiger partial charge in [-0.1, -0.05) is 0 Å². The van der Waals surface area contributed by atoms with E-state index >= 15 is 0 Å². The Morgan fingerprint density at radius 3 is 2.72 bits per heavy atom. The fourth-order valence-corrected chi connectivity index (χ4v) is 2.30. The van der Waals surface area contributed by atoms with Gasteiger partial charge in [-0.15, -0.1) is 11.3 Å². The predicted molar refractivity (Wildman–Crippen MR) is 69.1 cm³/mol. The molecule has 6 heteroatoms. The molecule has 0 unspecified atom stereocenters. The number of hydrogen-bond acceptors (Lipinski definition) is 5. The Morgan fingerprint density at radius 1 is 1.39 bits per heavy atom. The summed E-state index contributed by atoms with van der Waals surface area (Å²) in [5.74, 6) is 0.237. The molecular formula is C12H17NO4S. The van der Waals surface area contributed by atoms with Crippen LogP contribution in [-0.4, -0.2) is 44.6 Å². The quantitative estimate of drug-likeness (QED) is 0.740. The van der Waals surface area contributed by atoms with Gasteiger partial charge in [-0.25, -0.2) is 0 Å². The Hall–Kier alpha value is -1.56. The number of ether oxygens (including phenoxy) is 2. The summed E-state index contributed by atoms with van der Waals surface area (Å²) in [6.07, 6.45) is 0.901. The molecule has 0 aliphatic heterocycles. The summed E-state index contributed by atoms with van der Waals surface area (Å²) in [5, 5.41) is 1.81. The van der Waals surface area contributed by atoms with Gasteiger partial charge in [0.15, 0.2) is 0 Å². The highest BCUT2D eigenvalue weighted by Gasteiger charge is 2.17. The largest absolute Gasteiger partial charge is 0.495 e. The Bertz CT molecular complexity index is 416. The third-order valence-corrected chi connectivity index (χ3v) is 3.38. The van der Waals surface area contributed by atoms with Gasteiger partial charge >= 0.3 is 5.97 Å². The van der Waals surface area contributed by atoms with E-state index in [4.69, 9.17) is 4.74 Å². The predicted octanol–water partition coefficient (Wildman–Crippen LogP) is 1.78. The first-order valence-corrected chi connectivity index (χ1v) is 6.42. The molecule has 18 heavy (non-hydrogen) atoms. The lowest BCUT2D eigenvalue weighted by atomic mass is 10.3. The van der Waals surface area contributed by atoms with Crippen molar-refractivity contribution in [3.63, 3.8) is 0 Å². The molecule has 1 amide bonds. The average Bonchev–Trinajstić information content (AvgIpc) is 2.85. The molecule has 0 radical (unpaired) electrons. The van der Waals surface area contributed by atoms with E-state index in [1.54, 1.807) is 18.0 Å². The first-order valence-electron chi connectivity index (χ1n) is 5.54.